The first-order chi connectivity index (χ1) is 7.68. The minimum atomic E-state index is -0.244. The quantitative estimate of drug-likeness (QED) is 0.890. The van der Waals surface area contributed by atoms with E-state index in [9.17, 15) is 4.79 Å². The standard InChI is InChI=1S/C10H11N3O2S/c1-6(2)9-7(3-12-15-9)13-10(14)8-4-16-5-11-8/h3-6H,1-2H3,(H,13,14). The van der Waals surface area contributed by atoms with Gasteiger partial charge in [0.05, 0.1) is 11.7 Å². The number of thiazole rings is 1. The van der Waals surface area contributed by atoms with Gasteiger partial charge in [0, 0.05) is 11.3 Å². The third-order valence-electron chi connectivity index (χ3n) is 2.04. The van der Waals surface area contributed by atoms with E-state index in [1.54, 1.807) is 10.9 Å². The van der Waals surface area contributed by atoms with Crippen LogP contribution in [-0.4, -0.2) is 16.0 Å². The Hall–Kier alpha value is -1.69. The summed E-state index contributed by atoms with van der Waals surface area (Å²) in [7, 11) is 0. The van der Waals surface area contributed by atoms with Gasteiger partial charge >= 0.3 is 0 Å². The topological polar surface area (TPSA) is 68.0 Å². The number of carbonyl (C=O) groups excluding carboxylic acids is 1. The third-order valence-corrected chi connectivity index (χ3v) is 2.62. The molecule has 0 unspecified atom stereocenters. The first-order valence-corrected chi connectivity index (χ1v) is 5.77. The van der Waals surface area contributed by atoms with Crippen molar-refractivity contribution in [3.8, 4) is 0 Å². The van der Waals surface area contributed by atoms with Gasteiger partial charge in [0.2, 0.25) is 0 Å². The Morgan fingerprint density at radius 2 is 2.38 bits per heavy atom. The SMILES string of the molecule is CC(C)c1oncc1NC(=O)c1cscn1. The molecule has 0 aromatic carbocycles. The number of hydrogen-bond donors (Lipinski definition) is 1. The van der Waals surface area contributed by atoms with E-state index in [2.05, 4.69) is 15.5 Å². The molecule has 2 aromatic rings. The van der Waals surface area contributed by atoms with Crippen LogP contribution in [-0.2, 0) is 0 Å². The number of carbonyl (C=O) groups is 1. The average molecular weight is 237 g/mol. The first-order valence-electron chi connectivity index (χ1n) is 4.82. The Kier molecular flexibility index (Phi) is 3.00. The number of anilines is 1. The molecular weight excluding hydrogens is 226 g/mol. The highest BCUT2D eigenvalue weighted by atomic mass is 32.1. The van der Waals surface area contributed by atoms with E-state index in [-0.39, 0.29) is 11.8 Å². The lowest BCUT2D eigenvalue weighted by molar-refractivity contribution is 0.102. The van der Waals surface area contributed by atoms with Crippen LogP contribution in [0.1, 0.15) is 36.0 Å². The predicted octanol–water partition coefficient (Wildman–Crippen LogP) is 2.51. The Morgan fingerprint density at radius 3 is 3.00 bits per heavy atom. The van der Waals surface area contributed by atoms with Crippen molar-refractivity contribution >= 4 is 22.9 Å². The van der Waals surface area contributed by atoms with E-state index in [0.29, 0.717) is 17.1 Å². The monoisotopic (exact) mass is 237 g/mol. The Bertz CT molecular complexity index is 476. The molecule has 0 fully saturated rings. The maximum absolute atomic E-state index is 11.7. The Labute approximate surface area is 96.5 Å². The van der Waals surface area contributed by atoms with Gasteiger partial charge in [0.1, 0.15) is 11.4 Å². The van der Waals surface area contributed by atoms with Crippen LogP contribution in [0.15, 0.2) is 21.6 Å². The first kappa shape index (κ1) is 10.8. The molecule has 2 heterocycles. The van der Waals surface area contributed by atoms with Gasteiger partial charge in [-0.3, -0.25) is 4.79 Å². The van der Waals surface area contributed by atoms with E-state index in [4.69, 9.17) is 4.52 Å². The van der Waals surface area contributed by atoms with E-state index >= 15 is 0 Å². The summed E-state index contributed by atoms with van der Waals surface area (Å²) in [4.78, 5) is 15.6. The van der Waals surface area contributed by atoms with Gasteiger partial charge in [0.25, 0.3) is 5.91 Å². The van der Waals surface area contributed by atoms with E-state index in [1.807, 2.05) is 13.8 Å². The van der Waals surface area contributed by atoms with E-state index in [1.165, 1.54) is 17.5 Å². The molecule has 0 radical (unpaired) electrons. The van der Waals surface area contributed by atoms with Crippen LogP contribution >= 0.6 is 11.3 Å². The Balaban J connectivity index is 2.15. The van der Waals surface area contributed by atoms with Crippen molar-refractivity contribution in [2.45, 2.75) is 19.8 Å². The summed E-state index contributed by atoms with van der Waals surface area (Å²) < 4.78 is 5.06. The predicted molar refractivity (Wildman–Crippen MR) is 60.7 cm³/mol. The zero-order chi connectivity index (χ0) is 11.5. The zero-order valence-corrected chi connectivity index (χ0v) is 9.75. The van der Waals surface area contributed by atoms with Crippen LogP contribution in [0.4, 0.5) is 5.69 Å². The average Bonchev–Trinajstić information content (AvgIpc) is 2.86. The van der Waals surface area contributed by atoms with Gasteiger partial charge < -0.3 is 9.84 Å². The molecule has 0 saturated heterocycles. The van der Waals surface area contributed by atoms with Crippen molar-refractivity contribution in [1.29, 1.82) is 0 Å². The molecule has 2 rings (SSSR count). The van der Waals surface area contributed by atoms with Crippen molar-refractivity contribution < 1.29 is 9.32 Å². The molecule has 0 aliphatic heterocycles. The van der Waals surface area contributed by atoms with Gasteiger partial charge in [-0.05, 0) is 0 Å². The number of hydrogen-bond acceptors (Lipinski definition) is 5. The molecule has 0 aliphatic carbocycles. The number of nitrogens with one attached hydrogen (secondary N) is 1. The fraction of sp³-hybridized carbons (Fsp3) is 0.300. The molecule has 0 saturated carbocycles. The summed E-state index contributed by atoms with van der Waals surface area (Å²) in [6.07, 6.45) is 1.50. The van der Waals surface area contributed by atoms with Crippen molar-refractivity contribution in [2.75, 3.05) is 5.32 Å². The van der Waals surface area contributed by atoms with E-state index in [0.717, 1.165) is 0 Å². The van der Waals surface area contributed by atoms with Gasteiger partial charge in [-0.25, -0.2) is 4.98 Å². The van der Waals surface area contributed by atoms with Gasteiger partial charge in [-0.1, -0.05) is 19.0 Å². The fourth-order valence-electron chi connectivity index (χ4n) is 1.27. The molecule has 0 atom stereocenters. The van der Waals surface area contributed by atoms with Crippen LogP contribution in [0.25, 0.3) is 0 Å². The summed E-state index contributed by atoms with van der Waals surface area (Å²) in [5.41, 5.74) is 2.63. The summed E-state index contributed by atoms with van der Waals surface area (Å²) in [6, 6.07) is 0. The summed E-state index contributed by atoms with van der Waals surface area (Å²) >= 11 is 1.38. The zero-order valence-electron chi connectivity index (χ0n) is 8.93. The second kappa shape index (κ2) is 4.44. The van der Waals surface area contributed by atoms with Crippen LogP contribution in [0.5, 0.6) is 0 Å². The number of aromatic nitrogens is 2. The van der Waals surface area contributed by atoms with Crippen LogP contribution in [0.3, 0.4) is 0 Å². The van der Waals surface area contributed by atoms with E-state index < -0.39 is 0 Å². The van der Waals surface area contributed by atoms with Gasteiger partial charge in [0.15, 0.2) is 5.76 Å². The van der Waals surface area contributed by atoms with Crippen molar-refractivity contribution in [3.63, 3.8) is 0 Å². The van der Waals surface area contributed by atoms with Crippen LogP contribution in [0.2, 0.25) is 0 Å². The molecule has 0 spiro atoms. The second-order valence-electron chi connectivity index (χ2n) is 3.59. The molecular formula is C10H11N3O2S. The number of rotatable bonds is 3. The largest absolute Gasteiger partial charge is 0.359 e. The lowest BCUT2D eigenvalue weighted by Gasteiger charge is -2.04. The second-order valence-corrected chi connectivity index (χ2v) is 4.30. The van der Waals surface area contributed by atoms with Gasteiger partial charge in [-0.2, -0.15) is 0 Å². The molecule has 16 heavy (non-hydrogen) atoms. The number of amides is 1. The summed E-state index contributed by atoms with van der Waals surface area (Å²) in [5.74, 6) is 0.600. The molecule has 2 aromatic heterocycles. The third kappa shape index (κ3) is 2.11. The minimum Gasteiger partial charge on any atom is -0.359 e. The highest BCUT2D eigenvalue weighted by Crippen LogP contribution is 2.23. The highest BCUT2D eigenvalue weighted by Gasteiger charge is 2.16. The smallest absolute Gasteiger partial charge is 0.275 e. The number of nitrogens with zero attached hydrogens (tertiary/aromatic N) is 2. The van der Waals surface area contributed by atoms with Crippen molar-refractivity contribution in [1.82, 2.24) is 10.1 Å². The van der Waals surface area contributed by atoms with Crippen LogP contribution in [0, 0.1) is 0 Å². The van der Waals surface area contributed by atoms with Crippen LogP contribution < -0.4 is 5.32 Å². The van der Waals surface area contributed by atoms with Crippen molar-refractivity contribution in [3.05, 3.63) is 28.5 Å². The molecule has 0 aliphatic rings. The minimum absolute atomic E-state index is 0.174. The molecule has 1 N–H and O–H groups in total. The maximum atomic E-state index is 11.7. The molecule has 1 amide bonds. The normalized spacial score (nSPS) is 10.7. The molecule has 0 bridgehead atoms. The van der Waals surface area contributed by atoms with Crippen molar-refractivity contribution in [2.24, 2.45) is 0 Å². The fourth-order valence-corrected chi connectivity index (χ4v) is 1.80. The lowest BCUT2D eigenvalue weighted by Crippen LogP contribution is -2.12. The van der Waals surface area contributed by atoms with Gasteiger partial charge in [-0.15, -0.1) is 11.3 Å². The lowest BCUT2D eigenvalue weighted by atomic mass is 10.1. The highest BCUT2D eigenvalue weighted by molar-refractivity contribution is 7.07. The summed E-state index contributed by atoms with van der Waals surface area (Å²) in [5, 5.41) is 8.09. The maximum Gasteiger partial charge on any atom is 0.275 e. The molecule has 6 heteroatoms. The molecule has 84 valence electrons. The summed E-state index contributed by atoms with van der Waals surface area (Å²) in [6.45, 7) is 3.94. The molecule has 5 nitrogen and oxygen atoms in total. The Morgan fingerprint density at radius 1 is 1.56 bits per heavy atom.